The number of carbonyl (C=O) groups is 1. The van der Waals surface area contributed by atoms with Crippen LogP contribution in [-0.2, 0) is 10.0 Å². The van der Waals surface area contributed by atoms with E-state index in [0.29, 0.717) is 16.6 Å². The molecule has 0 atom stereocenters. The van der Waals surface area contributed by atoms with E-state index in [1.54, 1.807) is 6.07 Å². The first-order valence-corrected chi connectivity index (χ1v) is 10.3. The fourth-order valence-corrected chi connectivity index (χ4v) is 3.94. The molecule has 0 radical (unpaired) electrons. The molecule has 1 aromatic carbocycles. The van der Waals surface area contributed by atoms with Gasteiger partial charge in [-0.3, -0.25) is 4.79 Å². The number of halogens is 1. The number of rotatable bonds is 9. The molecule has 2 N–H and O–H groups in total. The number of carbonyl (C=O) groups excluding carboxylic acids is 1. The van der Waals surface area contributed by atoms with Gasteiger partial charge in [-0.2, -0.15) is 0 Å². The van der Waals surface area contributed by atoms with Crippen LogP contribution in [0.5, 0.6) is 0 Å². The van der Waals surface area contributed by atoms with Crippen LogP contribution >= 0.6 is 15.9 Å². The summed E-state index contributed by atoms with van der Waals surface area (Å²) in [4.78, 5) is 12.4. The van der Waals surface area contributed by atoms with E-state index in [-0.39, 0.29) is 16.8 Å². The van der Waals surface area contributed by atoms with Crippen molar-refractivity contribution in [3.63, 3.8) is 0 Å². The summed E-state index contributed by atoms with van der Waals surface area (Å²) >= 11 is 3.32. The summed E-state index contributed by atoms with van der Waals surface area (Å²) in [7, 11) is -3.55. The smallest absolute Gasteiger partial charge is 0.252 e. The molecule has 1 fully saturated rings. The van der Waals surface area contributed by atoms with Gasteiger partial charge in [-0.1, -0.05) is 26.2 Å². The van der Waals surface area contributed by atoms with Crippen LogP contribution in [0.4, 0.5) is 0 Å². The standard InChI is InChI=1S/C16H23BrN2O3S/c1-2-3-4-5-10-18-16(20)14-11-13(8-9-15(14)17)23(21,22)19-12-6-7-12/h8-9,11-12,19H,2-7,10H2,1H3,(H,18,20). The highest BCUT2D eigenvalue weighted by Gasteiger charge is 2.28. The first-order chi connectivity index (χ1) is 10.9. The van der Waals surface area contributed by atoms with Crippen molar-refractivity contribution in [1.29, 1.82) is 0 Å². The van der Waals surface area contributed by atoms with Crippen LogP contribution in [0.3, 0.4) is 0 Å². The zero-order chi connectivity index (χ0) is 16.9. The zero-order valence-electron chi connectivity index (χ0n) is 13.3. The van der Waals surface area contributed by atoms with Crippen LogP contribution in [0.25, 0.3) is 0 Å². The highest BCUT2D eigenvalue weighted by Crippen LogP contribution is 2.25. The summed E-state index contributed by atoms with van der Waals surface area (Å²) in [6.45, 7) is 2.74. The Hall–Kier alpha value is -0.920. The van der Waals surface area contributed by atoms with Crippen molar-refractivity contribution in [3.8, 4) is 0 Å². The van der Waals surface area contributed by atoms with Gasteiger partial charge in [0, 0.05) is 17.1 Å². The lowest BCUT2D eigenvalue weighted by molar-refractivity contribution is 0.0952. The average Bonchev–Trinajstić information content (AvgIpc) is 3.30. The molecule has 0 spiro atoms. The Balaban J connectivity index is 2.03. The molecule has 0 unspecified atom stereocenters. The second kappa shape index (κ2) is 8.26. The van der Waals surface area contributed by atoms with Crippen LogP contribution in [-0.4, -0.2) is 26.9 Å². The molecular formula is C16H23BrN2O3S. The Morgan fingerprint density at radius 1 is 1.26 bits per heavy atom. The third-order valence-corrected chi connectivity index (χ3v) is 5.92. The molecule has 128 valence electrons. The van der Waals surface area contributed by atoms with Gasteiger partial charge in [-0.25, -0.2) is 13.1 Å². The molecule has 1 aromatic rings. The summed E-state index contributed by atoms with van der Waals surface area (Å²) in [5.74, 6) is -0.253. The van der Waals surface area contributed by atoms with E-state index >= 15 is 0 Å². The Kier molecular flexibility index (Phi) is 6.61. The summed E-state index contributed by atoms with van der Waals surface area (Å²) < 4.78 is 27.7. The van der Waals surface area contributed by atoms with E-state index in [0.717, 1.165) is 38.5 Å². The lowest BCUT2D eigenvalue weighted by atomic mass is 10.2. The van der Waals surface area contributed by atoms with E-state index < -0.39 is 10.0 Å². The van der Waals surface area contributed by atoms with Crippen molar-refractivity contribution >= 4 is 31.9 Å². The van der Waals surface area contributed by atoms with Crippen molar-refractivity contribution in [2.75, 3.05) is 6.54 Å². The maximum absolute atomic E-state index is 12.3. The number of nitrogens with one attached hydrogen (secondary N) is 2. The molecule has 0 saturated heterocycles. The van der Waals surface area contributed by atoms with Gasteiger partial charge in [0.15, 0.2) is 0 Å². The molecule has 23 heavy (non-hydrogen) atoms. The first-order valence-electron chi connectivity index (χ1n) is 8.04. The Morgan fingerprint density at radius 2 is 2.00 bits per heavy atom. The number of unbranched alkanes of at least 4 members (excludes halogenated alkanes) is 3. The van der Waals surface area contributed by atoms with Gasteiger partial charge in [-0.15, -0.1) is 0 Å². The Morgan fingerprint density at radius 3 is 2.65 bits per heavy atom. The van der Waals surface area contributed by atoms with Crippen LogP contribution in [0.2, 0.25) is 0 Å². The number of hydrogen-bond acceptors (Lipinski definition) is 3. The van der Waals surface area contributed by atoms with Gasteiger partial charge in [0.25, 0.3) is 5.91 Å². The molecule has 1 saturated carbocycles. The molecule has 1 aliphatic rings. The first kappa shape index (κ1) is 18.4. The Bertz CT molecular complexity index is 657. The third-order valence-electron chi connectivity index (χ3n) is 3.71. The maximum atomic E-state index is 12.3. The minimum Gasteiger partial charge on any atom is -0.352 e. The van der Waals surface area contributed by atoms with Gasteiger partial charge in [-0.05, 0) is 53.4 Å². The summed E-state index contributed by atoms with van der Waals surface area (Å²) in [5, 5.41) is 2.85. The zero-order valence-corrected chi connectivity index (χ0v) is 15.7. The van der Waals surface area contributed by atoms with Gasteiger partial charge in [0.05, 0.1) is 10.5 Å². The summed E-state index contributed by atoms with van der Waals surface area (Å²) in [5.41, 5.74) is 0.346. The number of amides is 1. The third kappa shape index (κ3) is 5.58. The van der Waals surface area contributed by atoms with Gasteiger partial charge < -0.3 is 5.32 Å². The second-order valence-electron chi connectivity index (χ2n) is 5.85. The lowest BCUT2D eigenvalue weighted by Crippen LogP contribution is -2.27. The predicted molar refractivity (Wildman–Crippen MR) is 94.0 cm³/mol. The van der Waals surface area contributed by atoms with E-state index in [9.17, 15) is 13.2 Å². The maximum Gasteiger partial charge on any atom is 0.252 e. The second-order valence-corrected chi connectivity index (χ2v) is 8.42. The SMILES string of the molecule is CCCCCCNC(=O)c1cc(S(=O)(=O)NC2CC2)ccc1Br. The summed E-state index contributed by atoms with van der Waals surface area (Å²) in [6, 6.07) is 4.58. The van der Waals surface area contributed by atoms with Gasteiger partial charge in [0.2, 0.25) is 10.0 Å². The van der Waals surface area contributed by atoms with Crippen molar-refractivity contribution in [1.82, 2.24) is 10.0 Å². The van der Waals surface area contributed by atoms with E-state index in [2.05, 4.69) is 32.9 Å². The van der Waals surface area contributed by atoms with E-state index in [1.165, 1.54) is 12.1 Å². The number of hydrogen-bond donors (Lipinski definition) is 2. The van der Waals surface area contributed by atoms with Crippen molar-refractivity contribution in [3.05, 3.63) is 28.2 Å². The number of sulfonamides is 1. The fourth-order valence-electron chi connectivity index (χ4n) is 2.18. The molecule has 1 amide bonds. The monoisotopic (exact) mass is 402 g/mol. The predicted octanol–water partition coefficient (Wildman–Crippen LogP) is 3.20. The minimum atomic E-state index is -3.55. The molecule has 5 nitrogen and oxygen atoms in total. The van der Waals surface area contributed by atoms with Crippen LogP contribution < -0.4 is 10.0 Å². The topological polar surface area (TPSA) is 75.3 Å². The van der Waals surface area contributed by atoms with Gasteiger partial charge >= 0.3 is 0 Å². The Labute approximate surface area is 146 Å². The minimum absolute atomic E-state index is 0.0412. The van der Waals surface area contributed by atoms with Crippen molar-refractivity contribution < 1.29 is 13.2 Å². The highest BCUT2D eigenvalue weighted by molar-refractivity contribution is 9.10. The van der Waals surface area contributed by atoms with E-state index in [4.69, 9.17) is 0 Å². The molecular weight excluding hydrogens is 380 g/mol. The largest absolute Gasteiger partial charge is 0.352 e. The van der Waals surface area contributed by atoms with Crippen molar-refractivity contribution in [2.24, 2.45) is 0 Å². The normalized spacial score (nSPS) is 14.7. The van der Waals surface area contributed by atoms with Crippen LogP contribution in [0.15, 0.2) is 27.6 Å². The van der Waals surface area contributed by atoms with Crippen molar-refractivity contribution in [2.45, 2.75) is 56.4 Å². The molecule has 1 aliphatic carbocycles. The quantitative estimate of drug-likeness (QED) is 0.622. The number of benzene rings is 1. The van der Waals surface area contributed by atoms with E-state index in [1.807, 2.05) is 0 Å². The molecule has 0 aliphatic heterocycles. The summed E-state index contributed by atoms with van der Waals surface area (Å²) in [6.07, 6.45) is 6.06. The molecule has 0 heterocycles. The molecule has 0 bridgehead atoms. The van der Waals surface area contributed by atoms with Crippen LogP contribution in [0.1, 0.15) is 55.8 Å². The fraction of sp³-hybridized carbons (Fsp3) is 0.562. The van der Waals surface area contributed by atoms with Gasteiger partial charge in [0.1, 0.15) is 0 Å². The highest BCUT2D eigenvalue weighted by atomic mass is 79.9. The molecule has 2 rings (SSSR count). The molecule has 0 aromatic heterocycles. The van der Waals surface area contributed by atoms with Crippen LogP contribution in [0, 0.1) is 0 Å². The lowest BCUT2D eigenvalue weighted by Gasteiger charge is -2.10. The average molecular weight is 403 g/mol. The molecule has 7 heteroatoms.